The van der Waals surface area contributed by atoms with E-state index in [0.717, 1.165) is 0 Å². The molecule has 2 saturated heterocycles. The standard InChI is InChI=1S/C16H29BNO4.Ni/c1-11-9-18(13(19)20-14(2,3)4)10-12(11)17-21-15(5,6)16(7,8)22-17;/h12H,9-10H2,1-8H3;/q-1;/t12-;/m0./s1. The third-order valence-electron chi connectivity index (χ3n) is 4.74. The van der Waals surface area contributed by atoms with E-state index in [1.165, 1.54) is 5.92 Å². The van der Waals surface area contributed by atoms with Gasteiger partial charge in [0.05, 0.1) is 11.2 Å². The van der Waals surface area contributed by atoms with Crippen LogP contribution in [-0.4, -0.2) is 48.0 Å². The molecule has 0 N–H and O–H groups in total. The quantitative estimate of drug-likeness (QED) is 0.526. The van der Waals surface area contributed by atoms with E-state index in [4.69, 9.17) is 14.0 Å². The van der Waals surface area contributed by atoms with Gasteiger partial charge in [0.25, 0.3) is 0 Å². The number of rotatable bonds is 1. The molecule has 136 valence electrons. The molecule has 5 nitrogen and oxygen atoms in total. The van der Waals surface area contributed by atoms with Gasteiger partial charge in [-0.15, -0.1) is 5.82 Å². The molecule has 2 aliphatic heterocycles. The maximum Gasteiger partial charge on any atom is 0.431 e. The van der Waals surface area contributed by atoms with Gasteiger partial charge in [0.15, 0.2) is 0 Å². The van der Waals surface area contributed by atoms with Gasteiger partial charge in [0, 0.05) is 16.5 Å². The van der Waals surface area contributed by atoms with E-state index in [-0.39, 0.29) is 46.7 Å². The van der Waals surface area contributed by atoms with Crippen LogP contribution in [0.2, 0.25) is 5.82 Å². The molecule has 0 radical (unpaired) electrons. The number of carbonyl (C=O) groups is 1. The predicted octanol–water partition coefficient (Wildman–Crippen LogP) is 3.29. The van der Waals surface area contributed by atoms with Crippen LogP contribution in [0.4, 0.5) is 4.79 Å². The topological polar surface area (TPSA) is 48.0 Å². The summed E-state index contributed by atoms with van der Waals surface area (Å²) in [5.41, 5.74) is -1.18. The second kappa shape index (κ2) is 6.57. The van der Waals surface area contributed by atoms with Gasteiger partial charge in [0.2, 0.25) is 0 Å². The Morgan fingerprint density at radius 1 is 1.22 bits per heavy atom. The van der Waals surface area contributed by atoms with Gasteiger partial charge < -0.3 is 18.9 Å². The van der Waals surface area contributed by atoms with Crippen LogP contribution in [0, 0.1) is 5.92 Å². The first-order chi connectivity index (χ1) is 9.82. The molecular formula is C16H29BNNiO4-. The Bertz CT molecular complexity index is 434. The van der Waals surface area contributed by atoms with Crippen LogP contribution in [0.25, 0.3) is 0 Å². The first-order valence-corrected chi connectivity index (χ1v) is 7.98. The van der Waals surface area contributed by atoms with E-state index < -0.39 is 5.60 Å². The number of hydrogen-bond acceptors (Lipinski definition) is 4. The Labute approximate surface area is 150 Å². The number of ether oxygens (including phenoxy) is 1. The zero-order valence-electron chi connectivity index (χ0n) is 15.5. The van der Waals surface area contributed by atoms with Crippen molar-refractivity contribution < 1.29 is 35.3 Å². The summed E-state index contributed by atoms with van der Waals surface area (Å²) in [5, 5.41) is 0. The van der Waals surface area contributed by atoms with Crippen molar-refractivity contribution in [3.8, 4) is 0 Å². The van der Waals surface area contributed by atoms with Crippen LogP contribution in [0.3, 0.4) is 0 Å². The van der Waals surface area contributed by atoms with E-state index >= 15 is 0 Å². The van der Waals surface area contributed by atoms with Crippen molar-refractivity contribution in [2.45, 2.75) is 78.0 Å². The fourth-order valence-electron chi connectivity index (χ4n) is 2.71. The maximum atomic E-state index is 12.2. The molecule has 0 aromatic heterocycles. The minimum atomic E-state index is -0.479. The fourth-order valence-corrected chi connectivity index (χ4v) is 2.71. The summed E-state index contributed by atoms with van der Waals surface area (Å²) in [4.78, 5) is 14.0. The maximum absolute atomic E-state index is 12.2. The molecule has 1 atom stereocenters. The van der Waals surface area contributed by atoms with Crippen LogP contribution in [0.15, 0.2) is 0 Å². The predicted molar refractivity (Wildman–Crippen MR) is 86.6 cm³/mol. The average molecular weight is 369 g/mol. The van der Waals surface area contributed by atoms with Gasteiger partial charge in [-0.1, -0.05) is 6.54 Å². The Morgan fingerprint density at radius 2 is 1.70 bits per heavy atom. The van der Waals surface area contributed by atoms with Gasteiger partial charge >= 0.3 is 13.2 Å². The molecule has 0 spiro atoms. The molecule has 0 bridgehead atoms. The smallest absolute Gasteiger partial charge is 0.431 e. The van der Waals surface area contributed by atoms with Crippen molar-refractivity contribution in [2.24, 2.45) is 0 Å². The number of likely N-dealkylation sites (tertiary alicyclic amines) is 1. The molecule has 23 heavy (non-hydrogen) atoms. The summed E-state index contributed by atoms with van der Waals surface area (Å²) in [5.74, 6) is 1.29. The molecular weight excluding hydrogens is 340 g/mol. The molecule has 2 aliphatic rings. The summed E-state index contributed by atoms with van der Waals surface area (Å²) in [7, 11) is -0.308. The first kappa shape index (κ1) is 20.8. The molecule has 0 aromatic rings. The largest absolute Gasteiger partial charge is 0.444 e. The van der Waals surface area contributed by atoms with Gasteiger partial charge in [-0.2, -0.15) is 6.92 Å². The van der Waals surface area contributed by atoms with Gasteiger partial charge in [-0.3, -0.25) is 5.92 Å². The van der Waals surface area contributed by atoms with Gasteiger partial charge in [-0.05, 0) is 55.0 Å². The van der Waals surface area contributed by atoms with Gasteiger partial charge in [-0.25, -0.2) is 4.79 Å². The first-order valence-electron chi connectivity index (χ1n) is 7.98. The Balaban J connectivity index is 0.00000264. The van der Waals surface area contributed by atoms with Gasteiger partial charge in [0.1, 0.15) is 5.60 Å². The average Bonchev–Trinajstić information content (AvgIpc) is 2.75. The number of hydrogen-bond donors (Lipinski definition) is 0. The summed E-state index contributed by atoms with van der Waals surface area (Å²) >= 11 is 0. The Hall–Kier alpha value is -0.252. The third-order valence-corrected chi connectivity index (χ3v) is 4.74. The van der Waals surface area contributed by atoms with E-state index in [2.05, 4.69) is 6.92 Å². The fraction of sp³-hybridized carbons (Fsp3) is 0.875. The van der Waals surface area contributed by atoms with Crippen LogP contribution in [0.5, 0.6) is 0 Å². The summed E-state index contributed by atoms with van der Waals surface area (Å²) in [6.45, 7) is 17.1. The van der Waals surface area contributed by atoms with E-state index in [1.54, 1.807) is 4.90 Å². The molecule has 0 unspecified atom stereocenters. The molecule has 7 heteroatoms. The molecule has 0 saturated carbocycles. The number of amides is 1. The van der Waals surface area contributed by atoms with Crippen LogP contribution < -0.4 is 0 Å². The monoisotopic (exact) mass is 368 g/mol. The van der Waals surface area contributed by atoms with Crippen LogP contribution in [-0.2, 0) is 30.5 Å². The van der Waals surface area contributed by atoms with E-state index in [1.807, 2.05) is 48.5 Å². The minimum absolute atomic E-state index is 0. The molecule has 2 fully saturated rings. The zero-order chi connectivity index (χ0) is 16.9. The second-order valence-electron chi connectivity index (χ2n) is 8.44. The van der Waals surface area contributed by atoms with E-state index in [0.29, 0.717) is 13.1 Å². The Morgan fingerprint density at radius 3 is 2.13 bits per heavy atom. The summed E-state index contributed by atoms with van der Waals surface area (Å²) < 4.78 is 17.7. The van der Waals surface area contributed by atoms with Crippen molar-refractivity contribution in [3.63, 3.8) is 0 Å². The minimum Gasteiger partial charge on any atom is -0.444 e. The van der Waals surface area contributed by atoms with Crippen molar-refractivity contribution >= 4 is 13.2 Å². The molecule has 0 aliphatic carbocycles. The number of nitrogens with zero attached hydrogens (tertiary/aromatic N) is 1. The SMILES string of the molecule is C[C-]1CN(C(=O)OC(C)(C)C)C[C@@H]1B1OC(C)(C)C(C)(C)O1.[Ni]. The number of carbonyl (C=O) groups excluding carboxylic acids is 1. The van der Waals surface area contributed by atoms with E-state index in [9.17, 15) is 4.79 Å². The summed E-state index contributed by atoms with van der Waals surface area (Å²) in [6.07, 6.45) is -0.272. The van der Waals surface area contributed by atoms with Crippen molar-refractivity contribution in [2.75, 3.05) is 13.1 Å². The van der Waals surface area contributed by atoms with Crippen LogP contribution >= 0.6 is 0 Å². The second-order valence-corrected chi connectivity index (χ2v) is 8.44. The summed E-state index contributed by atoms with van der Waals surface area (Å²) in [6, 6.07) is 0. The molecule has 2 rings (SSSR count). The molecule has 2 heterocycles. The Kier molecular flexibility index (Phi) is 5.94. The molecule has 0 aromatic carbocycles. The third kappa shape index (κ3) is 4.43. The normalized spacial score (nSPS) is 27.0. The zero-order valence-corrected chi connectivity index (χ0v) is 16.5. The van der Waals surface area contributed by atoms with Crippen molar-refractivity contribution in [1.29, 1.82) is 0 Å². The van der Waals surface area contributed by atoms with Crippen LogP contribution in [0.1, 0.15) is 55.4 Å². The van der Waals surface area contributed by atoms with Crippen molar-refractivity contribution in [3.05, 3.63) is 5.92 Å². The molecule has 1 amide bonds. The van der Waals surface area contributed by atoms with Crippen molar-refractivity contribution in [1.82, 2.24) is 4.90 Å².